The van der Waals surface area contributed by atoms with Crippen molar-refractivity contribution < 1.29 is 9.53 Å². The molecule has 0 radical (unpaired) electrons. The van der Waals surface area contributed by atoms with E-state index in [-0.39, 0.29) is 5.91 Å². The Morgan fingerprint density at radius 2 is 2.24 bits per heavy atom. The van der Waals surface area contributed by atoms with E-state index in [1.165, 1.54) is 11.3 Å². The van der Waals surface area contributed by atoms with Gasteiger partial charge in [0.15, 0.2) is 0 Å². The highest BCUT2D eigenvalue weighted by Gasteiger charge is 2.22. The Labute approximate surface area is 127 Å². The van der Waals surface area contributed by atoms with Gasteiger partial charge >= 0.3 is 0 Å². The van der Waals surface area contributed by atoms with E-state index in [2.05, 4.69) is 10.4 Å². The quantitative estimate of drug-likeness (QED) is 0.904. The van der Waals surface area contributed by atoms with E-state index in [1.807, 2.05) is 14.0 Å². The van der Waals surface area contributed by atoms with E-state index < -0.39 is 0 Å². The van der Waals surface area contributed by atoms with Gasteiger partial charge in [-0.1, -0.05) is 0 Å². The highest BCUT2D eigenvalue weighted by molar-refractivity contribution is 7.21. The molecule has 0 bridgehead atoms. The number of nitrogens with two attached hydrogens (primary N) is 1. The van der Waals surface area contributed by atoms with Gasteiger partial charge in [-0.2, -0.15) is 5.10 Å². The van der Waals surface area contributed by atoms with E-state index in [1.54, 1.807) is 4.68 Å². The number of anilines is 1. The van der Waals surface area contributed by atoms with Crippen molar-refractivity contribution in [3.63, 3.8) is 0 Å². The molecule has 1 aliphatic rings. The third kappa shape index (κ3) is 2.63. The Hall–Kier alpha value is -1.60. The molecule has 6 nitrogen and oxygen atoms in total. The number of ether oxygens (including phenoxy) is 1. The van der Waals surface area contributed by atoms with Crippen LogP contribution >= 0.6 is 11.3 Å². The summed E-state index contributed by atoms with van der Waals surface area (Å²) in [5.74, 6) is 0.418. The third-order valence-electron chi connectivity index (χ3n) is 3.98. The second-order valence-electron chi connectivity index (χ2n) is 5.50. The lowest BCUT2D eigenvalue weighted by Gasteiger charge is -2.22. The Kier molecular flexibility index (Phi) is 3.86. The minimum absolute atomic E-state index is 0.0837. The molecule has 0 atom stereocenters. The van der Waals surface area contributed by atoms with Crippen molar-refractivity contribution in [2.75, 3.05) is 25.5 Å². The predicted molar refractivity (Wildman–Crippen MR) is 83.6 cm³/mol. The van der Waals surface area contributed by atoms with Crippen molar-refractivity contribution in [3.05, 3.63) is 10.6 Å². The normalized spacial score (nSPS) is 16.5. The number of carbonyl (C=O) groups excluding carboxylic acids is 1. The molecular formula is C14H20N4O2S. The first-order chi connectivity index (χ1) is 10.1. The van der Waals surface area contributed by atoms with E-state index in [0.717, 1.165) is 42.0 Å². The van der Waals surface area contributed by atoms with Crippen LogP contribution in [0.2, 0.25) is 0 Å². The number of carbonyl (C=O) groups is 1. The van der Waals surface area contributed by atoms with Crippen molar-refractivity contribution in [2.24, 2.45) is 13.0 Å². The number of nitrogens with one attached hydrogen (secondary N) is 1. The number of rotatable bonds is 3. The summed E-state index contributed by atoms with van der Waals surface area (Å²) in [5, 5.41) is 8.24. The van der Waals surface area contributed by atoms with E-state index >= 15 is 0 Å². The monoisotopic (exact) mass is 308 g/mol. The Bertz CT molecular complexity index is 670. The van der Waals surface area contributed by atoms with Crippen LogP contribution in [0.15, 0.2) is 0 Å². The largest absolute Gasteiger partial charge is 0.397 e. The molecule has 1 aliphatic heterocycles. The third-order valence-corrected chi connectivity index (χ3v) is 5.25. The number of hydrogen-bond acceptors (Lipinski definition) is 5. The Morgan fingerprint density at radius 1 is 1.52 bits per heavy atom. The molecular weight excluding hydrogens is 288 g/mol. The van der Waals surface area contributed by atoms with Gasteiger partial charge in [-0.15, -0.1) is 11.3 Å². The van der Waals surface area contributed by atoms with Crippen LogP contribution in [0.25, 0.3) is 10.2 Å². The van der Waals surface area contributed by atoms with Gasteiger partial charge in [0.05, 0.1) is 16.8 Å². The first kappa shape index (κ1) is 14.3. The molecule has 3 N–H and O–H groups in total. The van der Waals surface area contributed by atoms with E-state index in [4.69, 9.17) is 10.5 Å². The fraction of sp³-hybridized carbons (Fsp3) is 0.571. The number of fused-ring (bicyclic) bond motifs is 1. The second kappa shape index (κ2) is 5.65. The van der Waals surface area contributed by atoms with Crippen LogP contribution < -0.4 is 11.1 Å². The summed E-state index contributed by atoms with van der Waals surface area (Å²) in [4.78, 5) is 13.9. The maximum Gasteiger partial charge on any atom is 0.263 e. The molecule has 7 heteroatoms. The summed E-state index contributed by atoms with van der Waals surface area (Å²) >= 11 is 1.40. The summed E-state index contributed by atoms with van der Waals surface area (Å²) in [7, 11) is 1.87. The van der Waals surface area contributed by atoms with Crippen LogP contribution in [0.4, 0.5) is 5.69 Å². The Balaban J connectivity index is 1.75. The molecule has 1 amide bonds. The maximum atomic E-state index is 12.4. The molecule has 114 valence electrons. The minimum atomic E-state index is -0.0837. The van der Waals surface area contributed by atoms with Crippen LogP contribution in [0.5, 0.6) is 0 Å². The first-order valence-electron chi connectivity index (χ1n) is 7.15. The molecule has 0 aliphatic carbocycles. The maximum absolute atomic E-state index is 12.4. The fourth-order valence-corrected chi connectivity index (χ4v) is 3.87. The topological polar surface area (TPSA) is 82.2 Å². The highest BCUT2D eigenvalue weighted by Crippen LogP contribution is 2.35. The minimum Gasteiger partial charge on any atom is -0.397 e. The lowest BCUT2D eigenvalue weighted by atomic mass is 10.0. The molecule has 0 saturated carbocycles. The number of aromatic nitrogens is 2. The van der Waals surface area contributed by atoms with Crippen LogP contribution in [0, 0.1) is 12.8 Å². The number of hydrogen-bond donors (Lipinski definition) is 2. The first-order valence-corrected chi connectivity index (χ1v) is 7.97. The van der Waals surface area contributed by atoms with Crippen molar-refractivity contribution in [2.45, 2.75) is 19.8 Å². The SMILES string of the molecule is Cc1nn(C)c2sc(C(=O)NCC3CCOCC3)c(N)c12. The van der Waals surface area contributed by atoms with Gasteiger partial charge in [-0.3, -0.25) is 9.48 Å². The summed E-state index contributed by atoms with van der Waals surface area (Å²) < 4.78 is 7.10. The smallest absolute Gasteiger partial charge is 0.263 e. The molecule has 0 spiro atoms. The zero-order valence-electron chi connectivity index (χ0n) is 12.3. The molecule has 1 saturated heterocycles. The molecule has 2 aromatic rings. The molecule has 0 unspecified atom stereocenters. The van der Waals surface area contributed by atoms with Gasteiger partial charge in [0.1, 0.15) is 9.71 Å². The molecule has 2 aromatic heterocycles. The van der Waals surface area contributed by atoms with Crippen molar-refractivity contribution >= 4 is 33.1 Å². The van der Waals surface area contributed by atoms with Gasteiger partial charge in [0, 0.05) is 26.8 Å². The fourth-order valence-electron chi connectivity index (χ4n) is 2.77. The number of thiophene rings is 1. The van der Waals surface area contributed by atoms with Gasteiger partial charge in [-0.25, -0.2) is 0 Å². The lowest BCUT2D eigenvalue weighted by molar-refractivity contribution is 0.0643. The van der Waals surface area contributed by atoms with Crippen LogP contribution in [0.1, 0.15) is 28.2 Å². The second-order valence-corrected chi connectivity index (χ2v) is 6.50. The highest BCUT2D eigenvalue weighted by atomic mass is 32.1. The molecule has 1 fully saturated rings. The van der Waals surface area contributed by atoms with Crippen molar-refractivity contribution in [1.82, 2.24) is 15.1 Å². The zero-order chi connectivity index (χ0) is 15.0. The standard InChI is InChI=1S/C14H20N4O2S/c1-8-10-11(15)12(21-14(10)18(2)17-8)13(19)16-7-9-3-5-20-6-4-9/h9H,3-7,15H2,1-2H3,(H,16,19). The van der Waals surface area contributed by atoms with Gasteiger partial charge in [0.2, 0.25) is 0 Å². The summed E-state index contributed by atoms with van der Waals surface area (Å²) in [5.41, 5.74) is 7.55. The average molecular weight is 308 g/mol. The molecule has 3 heterocycles. The van der Waals surface area contributed by atoms with Crippen LogP contribution in [-0.4, -0.2) is 35.4 Å². The van der Waals surface area contributed by atoms with Crippen LogP contribution in [0.3, 0.4) is 0 Å². The zero-order valence-corrected chi connectivity index (χ0v) is 13.1. The van der Waals surface area contributed by atoms with Crippen LogP contribution in [-0.2, 0) is 11.8 Å². The number of nitrogen functional groups attached to an aromatic ring is 1. The summed E-state index contributed by atoms with van der Waals surface area (Å²) in [6.45, 7) is 4.18. The number of nitrogens with zero attached hydrogens (tertiary/aromatic N) is 2. The molecule has 0 aromatic carbocycles. The van der Waals surface area contributed by atoms with Crippen molar-refractivity contribution in [3.8, 4) is 0 Å². The van der Waals surface area contributed by atoms with E-state index in [0.29, 0.717) is 23.0 Å². The number of amides is 1. The summed E-state index contributed by atoms with van der Waals surface area (Å²) in [6, 6.07) is 0. The van der Waals surface area contributed by atoms with Gasteiger partial charge < -0.3 is 15.8 Å². The predicted octanol–water partition coefficient (Wildman–Crippen LogP) is 1.68. The van der Waals surface area contributed by atoms with Gasteiger partial charge in [-0.05, 0) is 25.7 Å². The average Bonchev–Trinajstić information content (AvgIpc) is 2.97. The summed E-state index contributed by atoms with van der Waals surface area (Å²) in [6.07, 6.45) is 2.01. The van der Waals surface area contributed by atoms with Gasteiger partial charge in [0.25, 0.3) is 5.91 Å². The number of aryl methyl sites for hydroxylation is 2. The molecule has 21 heavy (non-hydrogen) atoms. The van der Waals surface area contributed by atoms with E-state index in [9.17, 15) is 4.79 Å². The Morgan fingerprint density at radius 3 is 2.90 bits per heavy atom. The lowest BCUT2D eigenvalue weighted by Crippen LogP contribution is -2.32. The van der Waals surface area contributed by atoms with Crippen molar-refractivity contribution in [1.29, 1.82) is 0 Å². The molecule has 3 rings (SSSR count).